The van der Waals surface area contributed by atoms with Crippen molar-refractivity contribution in [1.82, 2.24) is 0 Å². The van der Waals surface area contributed by atoms with Gasteiger partial charge in [-0.15, -0.1) is 0 Å². The van der Waals surface area contributed by atoms with Gasteiger partial charge in [0.15, 0.2) is 0 Å². The second-order valence-corrected chi connectivity index (χ2v) is 5.80. The lowest BCUT2D eigenvalue weighted by Gasteiger charge is -2.25. The predicted molar refractivity (Wildman–Crippen MR) is 59.9 cm³/mol. The summed E-state index contributed by atoms with van der Waals surface area (Å²) >= 11 is 0. The Morgan fingerprint density at radius 2 is 1.73 bits per heavy atom. The number of quaternary nitrogens is 1. The van der Waals surface area contributed by atoms with Crippen molar-refractivity contribution in [2.75, 3.05) is 26.4 Å². The zero-order chi connectivity index (χ0) is 11.9. The molecule has 1 heterocycles. The van der Waals surface area contributed by atoms with E-state index in [9.17, 15) is 0 Å². The number of likely N-dealkylation sites (tertiary alicyclic amines) is 1. The third-order valence-electron chi connectivity index (χ3n) is 2.66. The summed E-state index contributed by atoms with van der Waals surface area (Å²) < 4.78 is 27.2. The molecule has 0 saturated carbocycles. The van der Waals surface area contributed by atoms with Crippen LogP contribution in [0.25, 0.3) is 0 Å². The second kappa shape index (κ2) is 7.19. The highest BCUT2D eigenvalue weighted by Crippen LogP contribution is 2.15. The molecule has 1 aliphatic heterocycles. The maximum absolute atomic E-state index is 9.08. The van der Waals surface area contributed by atoms with Crippen molar-refractivity contribution in [2.45, 2.75) is 32.6 Å². The molecule has 5 heteroatoms. The van der Waals surface area contributed by atoms with Gasteiger partial charge < -0.3 is 9.45 Å². The van der Waals surface area contributed by atoms with Crippen LogP contribution >= 0.6 is 0 Å². The molecular weight excluding hydrogens is 214 g/mol. The Morgan fingerprint density at radius 3 is 2.07 bits per heavy atom. The third kappa shape index (κ3) is 11.8. The summed E-state index contributed by atoms with van der Waals surface area (Å²) in [5, 5.41) is 0. The van der Waals surface area contributed by atoms with Crippen molar-refractivity contribution in [3.05, 3.63) is 0 Å². The molecule has 1 aliphatic rings. The molecule has 1 fully saturated rings. The van der Waals surface area contributed by atoms with Gasteiger partial charge in [-0.3, -0.25) is 0 Å². The van der Waals surface area contributed by atoms with Crippen LogP contribution in [0.2, 0.25) is 0 Å². The molecule has 1 saturated heterocycles. The monoisotopic (exact) mass is 237 g/mol. The van der Waals surface area contributed by atoms with Crippen LogP contribution in [-0.2, 0) is 10.1 Å². The highest BCUT2D eigenvalue weighted by Gasteiger charge is 2.17. The Morgan fingerprint density at radius 1 is 1.33 bits per heavy atom. The highest BCUT2D eigenvalue weighted by atomic mass is 32.2. The number of piperidine rings is 1. The van der Waals surface area contributed by atoms with Crippen molar-refractivity contribution < 1.29 is 17.9 Å². The molecule has 0 amide bonds. The Hall–Kier alpha value is -0.130. The minimum Gasteiger partial charge on any atom is -0.748 e. The average molecular weight is 237 g/mol. The van der Waals surface area contributed by atoms with E-state index in [4.69, 9.17) is 13.0 Å². The zero-order valence-electron chi connectivity index (χ0n) is 9.95. The van der Waals surface area contributed by atoms with Crippen LogP contribution in [0.3, 0.4) is 0 Å². The van der Waals surface area contributed by atoms with Gasteiger partial charge in [-0.05, 0) is 18.8 Å². The summed E-state index contributed by atoms with van der Waals surface area (Å²) in [6, 6.07) is 0. The smallest absolute Gasteiger partial charge is 0.0916 e. The fourth-order valence-electron chi connectivity index (χ4n) is 1.87. The predicted octanol–water partition coefficient (Wildman–Crippen LogP) is -0.127. The van der Waals surface area contributed by atoms with Gasteiger partial charge in [0.05, 0.1) is 30.3 Å². The van der Waals surface area contributed by atoms with Gasteiger partial charge in [0.2, 0.25) is 0 Å². The van der Waals surface area contributed by atoms with Crippen molar-refractivity contribution in [2.24, 2.45) is 5.92 Å². The summed E-state index contributed by atoms with van der Waals surface area (Å²) in [5.74, 6) is 1.06. The van der Waals surface area contributed by atoms with Crippen molar-refractivity contribution in [3.8, 4) is 0 Å². The van der Waals surface area contributed by atoms with Crippen LogP contribution in [0.4, 0.5) is 0 Å². The topological polar surface area (TPSA) is 61.6 Å². The van der Waals surface area contributed by atoms with Crippen molar-refractivity contribution >= 4 is 10.1 Å². The summed E-state index contributed by atoms with van der Waals surface area (Å²) in [7, 11) is -1.61. The lowest BCUT2D eigenvalue weighted by atomic mass is 9.93. The van der Waals surface area contributed by atoms with Crippen LogP contribution in [0, 0.1) is 5.92 Å². The largest absolute Gasteiger partial charge is 0.748 e. The highest BCUT2D eigenvalue weighted by molar-refractivity contribution is 7.84. The van der Waals surface area contributed by atoms with Crippen LogP contribution in [0.1, 0.15) is 32.6 Å². The number of hydrogen-bond acceptors (Lipinski definition) is 3. The molecular formula is C10H23NO3S. The quantitative estimate of drug-likeness (QED) is 0.681. The fourth-order valence-corrected chi connectivity index (χ4v) is 1.87. The van der Waals surface area contributed by atoms with Gasteiger partial charge in [-0.25, -0.2) is 8.42 Å². The summed E-state index contributed by atoms with van der Waals surface area (Å²) in [6.45, 7) is 5.11. The van der Waals surface area contributed by atoms with E-state index in [1.165, 1.54) is 38.8 Å². The fraction of sp³-hybridized carbons (Fsp3) is 1.00. The molecule has 0 unspecified atom stereocenters. The van der Waals surface area contributed by atoms with Crippen LogP contribution in [0.15, 0.2) is 0 Å². The average Bonchev–Trinajstić information content (AvgIpc) is 2.06. The van der Waals surface area contributed by atoms with Gasteiger partial charge in [0.1, 0.15) is 0 Å². The lowest BCUT2D eigenvalue weighted by molar-refractivity contribution is -0.886. The van der Waals surface area contributed by atoms with Gasteiger partial charge >= 0.3 is 0 Å². The molecule has 0 radical (unpaired) electrons. The summed E-state index contributed by atoms with van der Waals surface area (Å²) in [4.78, 5) is 1.73. The van der Waals surface area contributed by atoms with Crippen molar-refractivity contribution in [1.29, 1.82) is 0 Å². The molecule has 1 rings (SSSR count). The second-order valence-electron chi connectivity index (χ2n) is 4.39. The Labute approximate surface area is 93.4 Å². The standard InChI is InChI=1S/C9H19N.CH4O3S/c1-3-4-9-5-7-10(2)8-6-9;1-5(2,3)4/h9H,3-8H2,1-2H3;1H3,(H,2,3,4). The molecule has 0 aromatic rings. The van der Waals surface area contributed by atoms with Crippen LogP contribution in [-0.4, -0.2) is 39.4 Å². The van der Waals surface area contributed by atoms with E-state index < -0.39 is 10.1 Å². The molecule has 0 aromatic carbocycles. The Balaban J connectivity index is 0.000000336. The van der Waals surface area contributed by atoms with Gasteiger partial charge in [-0.1, -0.05) is 19.8 Å². The molecule has 15 heavy (non-hydrogen) atoms. The van der Waals surface area contributed by atoms with E-state index in [0.717, 1.165) is 5.92 Å². The van der Waals surface area contributed by atoms with Gasteiger partial charge in [0.25, 0.3) is 0 Å². The van der Waals surface area contributed by atoms with E-state index in [1.807, 2.05) is 0 Å². The first-order valence-corrected chi connectivity index (χ1v) is 7.36. The Kier molecular flexibility index (Phi) is 7.13. The molecule has 0 aliphatic carbocycles. The van der Waals surface area contributed by atoms with E-state index in [1.54, 1.807) is 4.90 Å². The summed E-state index contributed by atoms with van der Waals surface area (Å²) in [5.41, 5.74) is 0. The molecule has 0 spiro atoms. The SMILES string of the molecule is CCCC1CC[NH+](C)CC1.CS(=O)(=O)[O-]. The van der Waals surface area contributed by atoms with E-state index >= 15 is 0 Å². The number of hydrogen-bond donors (Lipinski definition) is 1. The van der Waals surface area contributed by atoms with E-state index in [0.29, 0.717) is 6.26 Å². The molecule has 0 bridgehead atoms. The summed E-state index contributed by atoms with van der Waals surface area (Å²) in [6.07, 6.45) is 6.39. The first kappa shape index (κ1) is 14.9. The molecule has 92 valence electrons. The van der Waals surface area contributed by atoms with Crippen LogP contribution in [0.5, 0.6) is 0 Å². The van der Waals surface area contributed by atoms with Gasteiger partial charge in [0, 0.05) is 6.26 Å². The maximum Gasteiger partial charge on any atom is 0.0916 e. The molecule has 4 nitrogen and oxygen atoms in total. The zero-order valence-corrected chi connectivity index (χ0v) is 10.8. The van der Waals surface area contributed by atoms with E-state index in [2.05, 4.69) is 14.0 Å². The van der Waals surface area contributed by atoms with Crippen molar-refractivity contribution in [3.63, 3.8) is 0 Å². The maximum atomic E-state index is 9.08. The third-order valence-corrected chi connectivity index (χ3v) is 2.66. The Bertz CT molecular complexity index is 235. The first-order valence-electron chi connectivity index (χ1n) is 5.55. The van der Waals surface area contributed by atoms with Gasteiger partial charge in [-0.2, -0.15) is 0 Å². The molecule has 0 atom stereocenters. The number of nitrogens with one attached hydrogen (secondary N) is 1. The normalized spacial score (nSPS) is 26.7. The lowest BCUT2D eigenvalue weighted by Crippen LogP contribution is -3.10. The molecule has 1 N–H and O–H groups in total. The number of rotatable bonds is 2. The minimum atomic E-state index is -3.92. The minimum absolute atomic E-state index is 0.604. The first-order chi connectivity index (χ1) is 6.83. The molecule has 0 aromatic heterocycles. The van der Waals surface area contributed by atoms with Crippen LogP contribution < -0.4 is 4.90 Å². The van der Waals surface area contributed by atoms with E-state index in [-0.39, 0.29) is 0 Å².